The molecule has 1 aliphatic heterocycles. The molecule has 92 valence electrons. The molecule has 1 saturated heterocycles. The highest BCUT2D eigenvalue weighted by molar-refractivity contribution is 9.10. The minimum Gasteiger partial charge on any atom is -0.367 e. The molecule has 1 aromatic carbocycles. The number of aryl methyl sites for hydroxylation is 2. The summed E-state index contributed by atoms with van der Waals surface area (Å²) in [4.78, 5) is 13.8. The number of carbonyl (C=O) groups excluding carboxylic acids is 1. The summed E-state index contributed by atoms with van der Waals surface area (Å²) in [6.45, 7) is 7.20. The van der Waals surface area contributed by atoms with Crippen molar-refractivity contribution in [2.75, 3.05) is 11.4 Å². The van der Waals surface area contributed by atoms with Crippen LogP contribution in [0.1, 0.15) is 30.9 Å². The fraction of sp³-hybridized carbons (Fsp3) is 0.500. The Morgan fingerprint density at radius 2 is 2.06 bits per heavy atom. The van der Waals surface area contributed by atoms with Gasteiger partial charge in [-0.1, -0.05) is 6.07 Å². The predicted molar refractivity (Wildman–Crippen MR) is 74.7 cm³/mol. The molecule has 0 aromatic heterocycles. The quantitative estimate of drug-likeness (QED) is 0.789. The van der Waals surface area contributed by atoms with E-state index in [0.29, 0.717) is 24.7 Å². The van der Waals surface area contributed by atoms with Gasteiger partial charge in [-0.2, -0.15) is 0 Å². The first-order valence-electron chi connectivity index (χ1n) is 6.04. The lowest BCUT2D eigenvalue weighted by molar-refractivity contribution is -0.120. The van der Waals surface area contributed by atoms with E-state index in [2.05, 4.69) is 53.7 Å². The maximum atomic E-state index is 11.4. The molecule has 2 rings (SSSR count). The summed E-state index contributed by atoms with van der Waals surface area (Å²) in [5, 5.41) is 0. The first-order chi connectivity index (χ1) is 7.99. The minimum absolute atomic E-state index is 0.300. The number of carbonyl (C=O) groups is 1. The fourth-order valence-corrected chi connectivity index (χ4v) is 3.51. The number of hydrogen-bond acceptors (Lipinski definition) is 2. The minimum atomic E-state index is 0.300. The van der Waals surface area contributed by atoms with Crippen LogP contribution in [0.25, 0.3) is 0 Å². The molecule has 1 fully saturated rings. The van der Waals surface area contributed by atoms with Gasteiger partial charge in [0.1, 0.15) is 5.78 Å². The Kier molecular flexibility index (Phi) is 3.57. The van der Waals surface area contributed by atoms with Crippen LogP contribution in [0.15, 0.2) is 16.6 Å². The maximum absolute atomic E-state index is 11.4. The van der Waals surface area contributed by atoms with Crippen molar-refractivity contribution in [3.63, 3.8) is 0 Å². The molecule has 0 radical (unpaired) electrons. The van der Waals surface area contributed by atoms with Gasteiger partial charge in [-0.05, 0) is 53.9 Å². The van der Waals surface area contributed by atoms with Crippen molar-refractivity contribution in [3.8, 4) is 0 Å². The van der Waals surface area contributed by atoms with E-state index >= 15 is 0 Å². The Hall–Kier alpha value is -0.830. The van der Waals surface area contributed by atoms with Gasteiger partial charge in [-0.3, -0.25) is 4.79 Å². The average Bonchev–Trinajstić information content (AvgIpc) is 2.19. The smallest absolute Gasteiger partial charge is 0.136 e. The maximum Gasteiger partial charge on any atom is 0.136 e. The monoisotopic (exact) mass is 295 g/mol. The molecule has 0 saturated carbocycles. The van der Waals surface area contributed by atoms with Gasteiger partial charge in [0.15, 0.2) is 0 Å². The van der Waals surface area contributed by atoms with Crippen molar-refractivity contribution < 1.29 is 4.79 Å². The summed E-state index contributed by atoms with van der Waals surface area (Å²) in [5.74, 6) is 0.384. The lowest BCUT2D eigenvalue weighted by Crippen LogP contribution is -2.41. The zero-order chi connectivity index (χ0) is 12.6. The van der Waals surface area contributed by atoms with Crippen molar-refractivity contribution in [2.24, 2.45) is 0 Å². The van der Waals surface area contributed by atoms with E-state index in [-0.39, 0.29) is 0 Å². The van der Waals surface area contributed by atoms with Crippen LogP contribution < -0.4 is 4.90 Å². The third-order valence-electron chi connectivity index (χ3n) is 3.37. The zero-order valence-corrected chi connectivity index (χ0v) is 12.2. The van der Waals surface area contributed by atoms with Gasteiger partial charge >= 0.3 is 0 Å². The number of benzene rings is 1. The van der Waals surface area contributed by atoms with E-state index in [0.717, 1.165) is 11.0 Å². The van der Waals surface area contributed by atoms with Crippen LogP contribution in [0.5, 0.6) is 0 Å². The predicted octanol–water partition coefficient (Wildman–Crippen LogP) is 3.62. The molecule has 0 bridgehead atoms. The zero-order valence-electron chi connectivity index (χ0n) is 10.6. The number of hydrogen-bond donors (Lipinski definition) is 0. The van der Waals surface area contributed by atoms with Crippen LogP contribution in [0.4, 0.5) is 5.69 Å². The summed E-state index contributed by atoms with van der Waals surface area (Å²) in [6, 6.07) is 4.64. The molecular weight excluding hydrogens is 278 g/mol. The van der Waals surface area contributed by atoms with Gasteiger partial charge in [-0.25, -0.2) is 0 Å². The van der Waals surface area contributed by atoms with Gasteiger partial charge in [0.2, 0.25) is 0 Å². The lowest BCUT2D eigenvalue weighted by atomic mass is 9.99. The molecule has 1 unspecified atom stereocenters. The van der Waals surface area contributed by atoms with Gasteiger partial charge in [0.25, 0.3) is 0 Å². The van der Waals surface area contributed by atoms with Crippen LogP contribution in [0.3, 0.4) is 0 Å². The van der Waals surface area contributed by atoms with Crippen LogP contribution >= 0.6 is 15.9 Å². The van der Waals surface area contributed by atoms with Crippen molar-refractivity contribution >= 4 is 27.4 Å². The van der Waals surface area contributed by atoms with E-state index in [1.54, 1.807) is 0 Å². The molecular formula is C14H18BrNO. The van der Waals surface area contributed by atoms with E-state index in [1.807, 2.05) is 0 Å². The van der Waals surface area contributed by atoms with E-state index < -0.39 is 0 Å². The topological polar surface area (TPSA) is 20.3 Å². The van der Waals surface area contributed by atoms with Gasteiger partial charge in [0, 0.05) is 29.9 Å². The first-order valence-corrected chi connectivity index (χ1v) is 6.83. The molecule has 3 heteroatoms. The van der Waals surface area contributed by atoms with E-state index in [1.165, 1.54) is 16.8 Å². The molecule has 1 aromatic rings. The molecule has 1 atom stereocenters. The largest absolute Gasteiger partial charge is 0.367 e. The molecule has 0 spiro atoms. The second-order valence-electron chi connectivity index (χ2n) is 4.95. The Balaban J connectivity index is 2.37. The third kappa shape index (κ3) is 2.54. The number of anilines is 1. The number of nitrogens with zero attached hydrogens (tertiary/aromatic N) is 1. The first kappa shape index (κ1) is 12.6. The van der Waals surface area contributed by atoms with Gasteiger partial charge < -0.3 is 4.90 Å². The van der Waals surface area contributed by atoms with Crippen molar-refractivity contribution in [3.05, 3.63) is 27.7 Å². The molecule has 1 heterocycles. The standard InChI is InChI=1S/C14H18BrNO/c1-9-6-10(2)14(13(15)7-9)16-5-4-12(17)8-11(16)3/h6-7,11H,4-5,8H2,1-3H3. The Labute approximate surface area is 111 Å². The number of rotatable bonds is 1. The number of Topliss-reactive ketones (excluding diaryl/α,β-unsaturated/α-hetero) is 1. The summed E-state index contributed by atoms with van der Waals surface area (Å²) in [5.41, 5.74) is 3.78. The normalized spacial score (nSPS) is 20.8. The molecule has 17 heavy (non-hydrogen) atoms. The number of piperidine rings is 1. The summed E-state index contributed by atoms with van der Waals surface area (Å²) >= 11 is 3.65. The second kappa shape index (κ2) is 4.81. The Morgan fingerprint density at radius 1 is 1.35 bits per heavy atom. The third-order valence-corrected chi connectivity index (χ3v) is 3.98. The Morgan fingerprint density at radius 3 is 2.65 bits per heavy atom. The molecule has 0 N–H and O–H groups in total. The molecule has 0 aliphatic carbocycles. The van der Waals surface area contributed by atoms with E-state index in [9.17, 15) is 4.79 Å². The van der Waals surface area contributed by atoms with Crippen LogP contribution in [-0.2, 0) is 4.79 Å². The van der Waals surface area contributed by atoms with Crippen LogP contribution in [-0.4, -0.2) is 18.4 Å². The summed E-state index contributed by atoms with van der Waals surface area (Å²) in [7, 11) is 0. The van der Waals surface area contributed by atoms with Crippen LogP contribution in [0.2, 0.25) is 0 Å². The average molecular weight is 296 g/mol. The highest BCUT2D eigenvalue weighted by Gasteiger charge is 2.25. The van der Waals surface area contributed by atoms with Crippen LogP contribution in [0, 0.1) is 13.8 Å². The highest BCUT2D eigenvalue weighted by atomic mass is 79.9. The molecule has 2 nitrogen and oxygen atoms in total. The number of halogens is 1. The fourth-order valence-electron chi connectivity index (χ4n) is 2.61. The molecule has 0 amide bonds. The summed E-state index contributed by atoms with van der Waals surface area (Å²) < 4.78 is 1.14. The Bertz CT molecular complexity index is 433. The van der Waals surface area contributed by atoms with Crippen molar-refractivity contribution in [1.29, 1.82) is 0 Å². The summed E-state index contributed by atoms with van der Waals surface area (Å²) in [6.07, 6.45) is 1.34. The van der Waals surface area contributed by atoms with Gasteiger partial charge in [0.05, 0.1) is 5.69 Å². The molecule has 1 aliphatic rings. The SMILES string of the molecule is Cc1cc(C)c(N2CCC(=O)CC2C)c(Br)c1. The highest BCUT2D eigenvalue weighted by Crippen LogP contribution is 2.34. The van der Waals surface area contributed by atoms with Crippen molar-refractivity contribution in [2.45, 2.75) is 39.7 Å². The van der Waals surface area contributed by atoms with E-state index in [4.69, 9.17) is 0 Å². The van der Waals surface area contributed by atoms with Gasteiger partial charge in [-0.15, -0.1) is 0 Å². The second-order valence-corrected chi connectivity index (χ2v) is 5.80. The van der Waals surface area contributed by atoms with Crippen molar-refractivity contribution in [1.82, 2.24) is 0 Å². The lowest BCUT2D eigenvalue weighted by Gasteiger charge is -2.36. The number of ketones is 1.